The second kappa shape index (κ2) is 12.4. The number of rotatable bonds is 4. The summed E-state index contributed by atoms with van der Waals surface area (Å²) in [4.78, 5) is 22.9. The normalized spacial score (nSPS) is 22.0. The molecule has 22 heavy (non-hydrogen) atoms. The van der Waals surface area contributed by atoms with Gasteiger partial charge in [0, 0.05) is 1.43 Å². The highest BCUT2D eigenvalue weighted by Gasteiger charge is 2.11. The van der Waals surface area contributed by atoms with Gasteiger partial charge in [-0.1, -0.05) is 50.8 Å². The van der Waals surface area contributed by atoms with Gasteiger partial charge >= 0.3 is 12.1 Å². The molecule has 0 aliphatic heterocycles. The molecule has 0 bridgehead atoms. The van der Waals surface area contributed by atoms with Crippen molar-refractivity contribution in [1.29, 1.82) is 0 Å². The van der Waals surface area contributed by atoms with Crippen molar-refractivity contribution < 1.29 is 20.5 Å². The average molecular weight is 309 g/mol. The van der Waals surface area contributed by atoms with Crippen LogP contribution in [0.25, 0.3) is 0 Å². The first-order chi connectivity index (χ1) is 10.7. The second-order valence-corrected chi connectivity index (χ2v) is 4.12. The Balaban J connectivity index is 0. The summed E-state index contributed by atoms with van der Waals surface area (Å²) in [5, 5.41) is 2.70. The third-order valence-corrected chi connectivity index (χ3v) is 2.62. The highest BCUT2D eigenvalue weighted by molar-refractivity contribution is 5.92. The highest BCUT2D eigenvalue weighted by Crippen LogP contribution is 2.09. The van der Waals surface area contributed by atoms with Crippen molar-refractivity contribution >= 4 is 12.1 Å². The Kier molecular flexibility index (Phi) is 11.1. The van der Waals surface area contributed by atoms with Crippen molar-refractivity contribution in [2.24, 2.45) is 0 Å². The molecule has 0 unspecified atom stereocenters. The van der Waals surface area contributed by atoms with Crippen LogP contribution >= 0.6 is 0 Å². The van der Waals surface area contributed by atoms with Crippen molar-refractivity contribution in [1.82, 2.24) is 5.32 Å². The van der Waals surface area contributed by atoms with Crippen LogP contribution in [0.2, 0.25) is 0 Å². The molecule has 0 radical (unpaired) electrons. The Bertz CT molecular complexity index is 456. The molecule has 124 valence electrons. The SMILES string of the molecule is C=CCOC(=O)C1=C/C=C/[C@@H](NC(=O)OC)CC\C=C\1.CC.[HH]. The van der Waals surface area contributed by atoms with Gasteiger partial charge < -0.3 is 14.8 Å². The maximum absolute atomic E-state index is 11.7. The Morgan fingerprint density at radius 2 is 2.23 bits per heavy atom. The smallest absolute Gasteiger partial charge is 0.407 e. The van der Waals surface area contributed by atoms with Crippen LogP contribution in [0.3, 0.4) is 0 Å². The van der Waals surface area contributed by atoms with Crippen LogP contribution in [0.1, 0.15) is 28.1 Å². The first-order valence-corrected chi connectivity index (χ1v) is 7.35. The molecule has 1 atom stereocenters. The molecule has 0 heterocycles. The number of carbonyl (C=O) groups excluding carboxylic acids is 2. The molecule has 1 rings (SSSR count). The van der Waals surface area contributed by atoms with Gasteiger partial charge in [0.15, 0.2) is 0 Å². The lowest BCUT2D eigenvalue weighted by Crippen LogP contribution is -2.33. The lowest BCUT2D eigenvalue weighted by Gasteiger charge is -2.12. The molecule has 5 heteroatoms. The van der Waals surface area contributed by atoms with Crippen molar-refractivity contribution in [3.8, 4) is 0 Å². The number of nitrogens with one attached hydrogen (secondary N) is 1. The minimum atomic E-state index is -0.475. The van der Waals surface area contributed by atoms with Crippen LogP contribution in [0, 0.1) is 0 Å². The average Bonchev–Trinajstić information content (AvgIpc) is 2.66. The molecule has 0 aromatic heterocycles. The van der Waals surface area contributed by atoms with Gasteiger partial charge in [-0.05, 0) is 18.9 Å². The van der Waals surface area contributed by atoms with E-state index >= 15 is 0 Å². The van der Waals surface area contributed by atoms with E-state index in [0.717, 1.165) is 12.8 Å². The van der Waals surface area contributed by atoms with Crippen molar-refractivity contribution in [3.63, 3.8) is 0 Å². The first-order valence-electron chi connectivity index (χ1n) is 7.35. The summed E-state index contributed by atoms with van der Waals surface area (Å²) in [5.41, 5.74) is 0.460. The molecule has 0 fully saturated rings. The van der Waals surface area contributed by atoms with E-state index in [1.165, 1.54) is 13.2 Å². The van der Waals surface area contributed by atoms with E-state index < -0.39 is 12.1 Å². The second-order valence-electron chi connectivity index (χ2n) is 4.12. The van der Waals surface area contributed by atoms with E-state index in [1.54, 1.807) is 18.2 Å². The summed E-state index contributed by atoms with van der Waals surface area (Å²) in [6.45, 7) is 7.67. The molecule has 0 spiro atoms. The zero-order valence-electron chi connectivity index (χ0n) is 13.5. The fourth-order valence-corrected chi connectivity index (χ4v) is 1.62. The third kappa shape index (κ3) is 8.09. The summed E-state index contributed by atoms with van der Waals surface area (Å²) in [6.07, 6.45) is 11.3. The lowest BCUT2D eigenvalue weighted by atomic mass is 10.1. The fourth-order valence-electron chi connectivity index (χ4n) is 1.62. The van der Waals surface area contributed by atoms with Gasteiger partial charge in [0.2, 0.25) is 0 Å². The van der Waals surface area contributed by atoms with Gasteiger partial charge in [0.05, 0.1) is 18.7 Å². The molecule has 1 aliphatic carbocycles. The van der Waals surface area contributed by atoms with Crippen LogP contribution in [-0.4, -0.2) is 31.8 Å². The predicted octanol–water partition coefficient (Wildman–Crippen LogP) is 3.55. The standard InChI is InChI=1S/C15H19NO4.C2H6.H2/c1-3-11-20-14(17)12-7-4-5-9-13(10-6-8-12)16-15(18)19-2;1-2;/h3-4,6-8,10,13H,1,5,9,11H2,2H3,(H,16,18);1-2H3;1H/b7-4+,10-6+,12-8+;;/t13-;;/m0../s1. The number of carbonyl (C=O) groups is 2. The largest absolute Gasteiger partial charge is 0.458 e. The molecule has 5 nitrogen and oxygen atoms in total. The van der Waals surface area contributed by atoms with Gasteiger partial charge in [0.1, 0.15) is 6.61 Å². The minimum Gasteiger partial charge on any atom is -0.458 e. The maximum Gasteiger partial charge on any atom is 0.407 e. The van der Waals surface area contributed by atoms with E-state index in [4.69, 9.17) is 4.74 Å². The van der Waals surface area contributed by atoms with Crippen LogP contribution in [0.5, 0.6) is 0 Å². The number of alkyl carbamates (subject to hydrolysis) is 1. The molecule has 1 amide bonds. The van der Waals surface area contributed by atoms with Crippen molar-refractivity contribution in [2.75, 3.05) is 13.7 Å². The van der Waals surface area contributed by atoms with Crippen molar-refractivity contribution in [3.05, 3.63) is 48.6 Å². The molecule has 0 saturated carbocycles. The number of amides is 1. The molecular formula is C17H27NO4. The highest BCUT2D eigenvalue weighted by atomic mass is 16.5. The summed E-state index contributed by atoms with van der Waals surface area (Å²) < 4.78 is 9.54. The van der Waals surface area contributed by atoms with E-state index in [2.05, 4.69) is 16.6 Å². The van der Waals surface area contributed by atoms with E-state index in [9.17, 15) is 9.59 Å². The summed E-state index contributed by atoms with van der Waals surface area (Å²) in [6, 6.07) is -0.133. The topological polar surface area (TPSA) is 64.6 Å². The number of hydrogen-bond donors (Lipinski definition) is 1. The van der Waals surface area contributed by atoms with E-state index in [0.29, 0.717) is 5.57 Å². The molecule has 0 aromatic carbocycles. The Morgan fingerprint density at radius 1 is 1.50 bits per heavy atom. The monoisotopic (exact) mass is 309 g/mol. The molecule has 1 aliphatic rings. The number of hydrogen-bond acceptors (Lipinski definition) is 4. The molecule has 0 aromatic rings. The van der Waals surface area contributed by atoms with Crippen LogP contribution in [0.15, 0.2) is 48.6 Å². The molecule has 1 N–H and O–H groups in total. The van der Waals surface area contributed by atoms with Crippen LogP contribution in [-0.2, 0) is 14.3 Å². The zero-order valence-corrected chi connectivity index (χ0v) is 13.5. The summed E-state index contributed by atoms with van der Waals surface area (Å²) >= 11 is 0. The Morgan fingerprint density at radius 3 is 2.86 bits per heavy atom. The quantitative estimate of drug-likeness (QED) is 0.637. The first kappa shape index (κ1) is 19.7. The van der Waals surface area contributed by atoms with Gasteiger partial charge in [0.25, 0.3) is 0 Å². The summed E-state index contributed by atoms with van der Waals surface area (Å²) in [7, 11) is 1.32. The predicted molar refractivity (Wildman–Crippen MR) is 89.5 cm³/mol. The van der Waals surface area contributed by atoms with Gasteiger partial charge in [-0.3, -0.25) is 0 Å². The number of ether oxygens (including phenoxy) is 2. The Hall–Kier alpha value is -2.30. The van der Waals surface area contributed by atoms with Crippen molar-refractivity contribution in [2.45, 2.75) is 32.7 Å². The number of esters is 1. The van der Waals surface area contributed by atoms with Gasteiger partial charge in [-0.15, -0.1) is 0 Å². The number of allylic oxidation sites excluding steroid dienone is 3. The van der Waals surface area contributed by atoms with E-state index in [1.807, 2.05) is 26.0 Å². The fraction of sp³-hybridized carbons (Fsp3) is 0.412. The molecule has 0 saturated heterocycles. The number of methoxy groups -OCH3 is 1. The lowest BCUT2D eigenvalue weighted by molar-refractivity contribution is -0.137. The summed E-state index contributed by atoms with van der Waals surface area (Å²) in [5.74, 6) is -0.398. The minimum absolute atomic E-state index is 0. The van der Waals surface area contributed by atoms with Gasteiger partial charge in [-0.25, -0.2) is 9.59 Å². The Labute approximate surface area is 133 Å². The maximum atomic E-state index is 11.7. The van der Waals surface area contributed by atoms with Crippen LogP contribution < -0.4 is 5.32 Å². The van der Waals surface area contributed by atoms with Gasteiger partial charge in [-0.2, -0.15) is 0 Å². The molecular weight excluding hydrogens is 282 g/mol. The van der Waals surface area contributed by atoms with Crippen LogP contribution in [0.4, 0.5) is 4.79 Å². The zero-order chi connectivity index (χ0) is 16.8. The third-order valence-electron chi connectivity index (χ3n) is 2.62. The van der Waals surface area contributed by atoms with E-state index in [-0.39, 0.29) is 14.1 Å².